The summed E-state index contributed by atoms with van der Waals surface area (Å²) < 4.78 is 0. The topological polar surface area (TPSA) is 119 Å². The van der Waals surface area contributed by atoms with E-state index in [4.69, 9.17) is 11.5 Å². The number of aromatic nitrogens is 2. The maximum absolute atomic E-state index is 11.7. The molecule has 2 aromatic carbocycles. The molecule has 0 saturated carbocycles. The summed E-state index contributed by atoms with van der Waals surface area (Å²) in [4.78, 5) is 20.3. The van der Waals surface area contributed by atoms with Crippen LogP contribution in [0.25, 0.3) is 0 Å². The molecule has 0 aliphatic rings. The van der Waals surface area contributed by atoms with Crippen molar-refractivity contribution in [1.82, 2.24) is 9.97 Å². The highest BCUT2D eigenvalue weighted by Gasteiger charge is 2.13. The number of halogens is 2. The van der Waals surface area contributed by atoms with Crippen LogP contribution in [0.4, 0.5) is 23.1 Å². The SMILES string of the molecule is Cc1cccc(Nc2nc(Nc3ccc(CN)cc3)ncc2C(N)=O)c1.Cl.Cl. The summed E-state index contributed by atoms with van der Waals surface area (Å²) in [5.41, 5.74) is 15.0. The Hall–Kier alpha value is -2.87. The van der Waals surface area contributed by atoms with E-state index < -0.39 is 5.91 Å². The summed E-state index contributed by atoms with van der Waals surface area (Å²) >= 11 is 0. The fourth-order valence-corrected chi connectivity index (χ4v) is 2.43. The molecule has 0 bridgehead atoms. The predicted octanol–water partition coefficient (Wildman–Crippen LogP) is 3.67. The zero-order valence-corrected chi connectivity index (χ0v) is 16.8. The van der Waals surface area contributed by atoms with E-state index in [9.17, 15) is 4.79 Å². The van der Waals surface area contributed by atoms with Crippen LogP contribution in [0.3, 0.4) is 0 Å². The largest absolute Gasteiger partial charge is 0.365 e. The van der Waals surface area contributed by atoms with Crippen molar-refractivity contribution in [2.45, 2.75) is 13.5 Å². The van der Waals surface area contributed by atoms with Crippen molar-refractivity contribution in [1.29, 1.82) is 0 Å². The van der Waals surface area contributed by atoms with E-state index in [2.05, 4.69) is 20.6 Å². The molecule has 0 aliphatic carbocycles. The molecule has 3 aromatic rings. The molecular formula is C19H22Cl2N6O. The van der Waals surface area contributed by atoms with Crippen LogP contribution >= 0.6 is 24.8 Å². The second kappa shape index (κ2) is 10.5. The molecular weight excluding hydrogens is 399 g/mol. The van der Waals surface area contributed by atoms with Gasteiger partial charge in [0.05, 0.1) is 0 Å². The first kappa shape index (κ1) is 23.2. The second-order valence-corrected chi connectivity index (χ2v) is 5.84. The Morgan fingerprint density at radius 3 is 2.36 bits per heavy atom. The van der Waals surface area contributed by atoms with Gasteiger partial charge >= 0.3 is 0 Å². The maximum Gasteiger partial charge on any atom is 0.254 e. The lowest BCUT2D eigenvalue weighted by molar-refractivity contribution is 0.100. The molecule has 148 valence electrons. The first-order chi connectivity index (χ1) is 12.5. The summed E-state index contributed by atoms with van der Waals surface area (Å²) in [6.07, 6.45) is 1.41. The fourth-order valence-electron chi connectivity index (χ4n) is 2.43. The molecule has 1 amide bonds. The number of nitrogens with one attached hydrogen (secondary N) is 2. The number of aryl methyl sites for hydroxylation is 1. The van der Waals surface area contributed by atoms with Crippen LogP contribution in [0, 0.1) is 6.92 Å². The molecule has 0 atom stereocenters. The molecule has 1 aromatic heterocycles. The van der Waals surface area contributed by atoms with Gasteiger partial charge in [0, 0.05) is 24.1 Å². The third-order valence-corrected chi connectivity index (χ3v) is 3.78. The first-order valence-corrected chi connectivity index (χ1v) is 8.12. The number of primary amides is 1. The van der Waals surface area contributed by atoms with Crippen molar-refractivity contribution in [2.75, 3.05) is 10.6 Å². The number of carbonyl (C=O) groups excluding carboxylic acids is 1. The van der Waals surface area contributed by atoms with Gasteiger partial charge in [-0.2, -0.15) is 4.98 Å². The predicted molar refractivity (Wildman–Crippen MR) is 117 cm³/mol. The van der Waals surface area contributed by atoms with Gasteiger partial charge in [-0.25, -0.2) is 4.98 Å². The van der Waals surface area contributed by atoms with E-state index in [0.29, 0.717) is 18.3 Å². The summed E-state index contributed by atoms with van der Waals surface area (Å²) in [6, 6.07) is 15.4. The van der Waals surface area contributed by atoms with Crippen molar-refractivity contribution >= 4 is 53.9 Å². The van der Waals surface area contributed by atoms with Crippen LogP contribution in [0.5, 0.6) is 0 Å². The Bertz CT molecular complexity index is 934. The third kappa shape index (κ3) is 5.82. The molecule has 28 heavy (non-hydrogen) atoms. The van der Waals surface area contributed by atoms with Gasteiger partial charge in [0.25, 0.3) is 5.91 Å². The van der Waals surface area contributed by atoms with Crippen molar-refractivity contribution in [3.63, 3.8) is 0 Å². The Morgan fingerprint density at radius 2 is 1.75 bits per heavy atom. The quantitative estimate of drug-likeness (QED) is 0.482. The normalized spacial score (nSPS) is 9.64. The molecule has 7 nitrogen and oxygen atoms in total. The monoisotopic (exact) mass is 420 g/mol. The molecule has 6 N–H and O–H groups in total. The van der Waals surface area contributed by atoms with Crippen molar-refractivity contribution < 1.29 is 4.79 Å². The minimum Gasteiger partial charge on any atom is -0.365 e. The number of nitrogens with zero attached hydrogens (tertiary/aromatic N) is 2. The summed E-state index contributed by atoms with van der Waals surface area (Å²) in [6.45, 7) is 2.47. The van der Waals surface area contributed by atoms with Crippen molar-refractivity contribution in [3.8, 4) is 0 Å². The fraction of sp³-hybridized carbons (Fsp3) is 0.105. The Morgan fingerprint density at radius 1 is 1.04 bits per heavy atom. The average molecular weight is 421 g/mol. The van der Waals surface area contributed by atoms with E-state index in [0.717, 1.165) is 22.5 Å². The van der Waals surface area contributed by atoms with Gasteiger partial charge in [-0.1, -0.05) is 24.3 Å². The Labute approximate surface area is 175 Å². The standard InChI is InChI=1S/C19H20N6O.2ClH/c1-12-3-2-4-15(9-12)23-18-16(17(21)26)11-22-19(25-18)24-14-7-5-13(10-20)6-8-14;;/h2-9,11H,10,20H2,1H3,(H2,21,26)(H2,22,23,24,25);2*1H. The smallest absolute Gasteiger partial charge is 0.254 e. The number of amides is 1. The van der Waals surface area contributed by atoms with Gasteiger partial charge in [-0.3, -0.25) is 4.79 Å². The number of rotatable bonds is 6. The number of nitrogens with two attached hydrogens (primary N) is 2. The lowest BCUT2D eigenvalue weighted by Crippen LogP contribution is -2.15. The number of anilines is 4. The van der Waals surface area contributed by atoms with Crippen molar-refractivity contribution in [2.24, 2.45) is 11.5 Å². The molecule has 0 aliphatic heterocycles. The van der Waals surface area contributed by atoms with E-state index >= 15 is 0 Å². The van der Waals surface area contributed by atoms with Crippen LogP contribution in [0.15, 0.2) is 54.7 Å². The lowest BCUT2D eigenvalue weighted by Gasteiger charge is -2.12. The van der Waals surface area contributed by atoms with Gasteiger partial charge in [0.15, 0.2) is 0 Å². The van der Waals surface area contributed by atoms with Crippen molar-refractivity contribution in [3.05, 3.63) is 71.4 Å². The van der Waals surface area contributed by atoms with E-state index in [-0.39, 0.29) is 30.4 Å². The molecule has 0 saturated heterocycles. The minimum atomic E-state index is -0.598. The third-order valence-electron chi connectivity index (χ3n) is 3.78. The molecule has 0 radical (unpaired) electrons. The molecule has 9 heteroatoms. The second-order valence-electron chi connectivity index (χ2n) is 5.84. The summed E-state index contributed by atoms with van der Waals surface area (Å²) in [7, 11) is 0. The van der Waals surface area contributed by atoms with E-state index in [1.165, 1.54) is 6.20 Å². The van der Waals surface area contributed by atoms with Gasteiger partial charge in [0.2, 0.25) is 5.95 Å². The zero-order valence-electron chi connectivity index (χ0n) is 15.2. The summed E-state index contributed by atoms with van der Waals surface area (Å²) in [5.74, 6) is 0.101. The first-order valence-electron chi connectivity index (χ1n) is 8.12. The molecule has 0 spiro atoms. The highest BCUT2D eigenvalue weighted by atomic mass is 35.5. The van der Waals surface area contributed by atoms with Crippen LogP contribution in [0.2, 0.25) is 0 Å². The highest BCUT2D eigenvalue weighted by Crippen LogP contribution is 2.22. The van der Waals surface area contributed by atoms with Gasteiger partial charge in [-0.05, 0) is 42.3 Å². The summed E-state index contributed by atoms with van der Waals surface area (Å²) in [5, 5.41) is 6.23. The number of hydrogen-bond donors (Lipinski definition) is 4. The molecule has 0 unspecified atom stereocenters. The number of carbonyl (C=O) groups is 1. The Kier molecular flexibility index (Phi) is 8.66. The van der Waals surface area contributed by atoms with Crippen LogP contribution < -0.4 is 22.1 Å². The van der Waals surface area contributed by atoms with Gasteiger partial charge < -0.3 is 22.1 Å². The average Bonchev–Trinajstić information content (AvgIpc) is 2.62. The highest BCUT2D eigenvalue weighted by molar-refractivity contribution is 5.98. The van der Waals surface area contributed by atoms with Gasteiger partial charge in [-0.15, -0.1) is 24.8 Å². The molecule has 0 fully saturated rings. The van der Waals surface area contributed by atoms with Crippen LogP contribution in [-0.2, 0) is 6.54 Å². The van der Waals surface area contributed by atoms with Crippen LogP contribution in [0.1, 0.15) is 21.5 Å². The zero-order chi connectivity index (χ0) is 18.5. The molecule has 3 rings (SSSR count). The maximum atomic E-state index is 11.7. The number of benzene rings is 2. The Balaban J connectivity index is 0.00000196. The number of hydrogen-bond acceptors (Lipinski definition) is 6. The lowest BCUT2D eigenvalue weighted by atomic mass is 10.2. The van der Waals surface area contributed by atoms with E-state index in [1.54, 1.807) is 0 Å². The molecule has 1 heterocycles. The van der Waals surface area contributed by atoms with E-state index in [1.807, 2.05) is 55.5 Å². The van der Waals surface area contributed by atoms with Gasteiger partial charge in [0.1, 0.15) is 11.4 Å². The minimum absolute atomic E-state index is 0. The van der Waals surface area contributed by atoms with Crippen LogP contribution in [-0.4, -0.2) is 15.9 Å².